The third kappa shape index (κ3) is 3.45. The van der Waals surface area contributed by atoms with Crippen LogP contribution in [0.3, 0.4) is 0 Å². The molecule has 2 aromatic rings. The SMILES string of the molecule is O=C(c1ccc2c(c1)C[C@@]1(CCNC1=O)CC2)N(O)Cc1ccc(Cl)cc1. The summed E-state index contributed by atoms with van der Waals surface area (Å²) in [6.45, 7) is 0.803. The van der Waals surface area contributed by atoms with Crippen LogP contribution in [-0.2, 0) is 24.2 Å². The minimum Gasteiger partial charge on any atom is -0.356 e. The van der Waals surface area contributed by atoms with Crippen LogP contribution in [0.4, 0.5) is 0 Å². The Balaban J connectivity index is 1.52. The van der Waals surface area contributed by atoms with E-state index < -0.39 is 5.91 Å². The fourth-order valence-corrected chi connectivity index (χ4v) is 4.23. The van der Waals surface area contributed by atoms with E-state index in [4.69, 9.17) is 11.6 Å². The van der Waals surface area contributed by atoms with Crippen LogP contribution in [0.2, 0.25) is 5.02 Å². The molecule has 0 aromatic heterocycles. The summed E-state index contributed by atoms with van der Waals surface area (Å²) in [5, 5.41) is 14.5. The molecule has 1 atom stereocenters. The van der Waals surface area contributed by atoms with Crippen molar-refractivity contribution in [1.82, 2.24) is 10.4 Å². The maximum absolute atomic E-state index is 12.6. The highest BCUT2D eigenvalue weighted by Gasteiger charge is 2.44. The van der Waals surface area contributed by atoms with Crippen LogP contribution in [0.25, 0.3) is 0 Å². The standard InChI is InChI=1S/C21H21ClN2O3/c22-18-5-1-14(2-6-18)13-24(27)19(25)16-4-3-15-7-8-21(12-17(15)11-16)9-10-23-20(21)26/h1-6,11,27H,7-10,12-13H2,(H,23,26)/t21-/m0/s1. The first-order valence-corrected chi connectivity index (χ1v) is 9.50. The number of amides is 2. The van der Waals surface area contributed by atoms with Crippen LogP contribution in [0.5, 0.6) is 0 Å². The van der Waals surface area contributed by atoms with Crippen LogP contribution in [-0.4, -0.2) is 28.6 Å². The van der Waals surface area contributed by atoms with Crippen molar-refractivity contribution in [2.24, 2.45) is 5.41 Å². The second-order valence-electron chi connectivity index (χ2n) is 7.44. The molecule has 1 fully saturated rings. The molecule has 1 aliphatic carbocycles. The first-order chi connectivity index (χ1) is 13.0. The van der Waals surface area contributed by atoms with Crippen molar-refractivity contribution in [3.63, 3.8) is 0 Å². The Kier molecular flexibility index (Phi) is 4.66. The fourth-order valence-electron chi connectivity index (χ4n) is 4.10. The molecular formula is C21H21ClN2O3. The largest absolute Gasteiger partial charge is 0.356 e. The Morgan fingerprint density at radius 3 is 2.63 bits per heavy atom. The molecule has 1 saturated heterocycles. The van der Waals surface area contributed by atoms with E-state index in [0.717, 1.165) is 36.9 Å². The molecule has 0 radical (unpaired) electrons. The molecule has 0 unspecified atom stereocenters. The van der Waals surface area contributed by atoms with Gasteiger partial charge in [-0.1, -0.05) is 29.8 Å². The molecule has 0 saturated carbocycles. The van der Waals surface area contributed by atoms with Crippen molar-refractivity contribution < 1.29 is 14.8 Å². The average Bonchev–Trinajstić information content (AvgIpc) is 3.02. The van der Waals surface area contributed by atoms with Gasteiger partial charge in [-0.2, -0.15) is 0 Å². The zero-order valence-corrected chi connectivity index (χ0v) is 15.6. The highest BCUT2D eigenvalue weighted by molar-refractivity contribution is 6.30. The fraction of sp³-hybridized carbons (Fsp3) is 0.333. The second-order valence-corrected chi connectivity index (χ2v) is 7.87. The Labute approximate surface area is 162 Å². The molecule has 4 rings (SSSR count). The summed E-state index contributed by atoms with van der Waals surface area (Å²) in [7, 11) is 0. The van der Waals surface area contributed by atoms with Gasteiger partial charge in [0.1, 0.15) is 0 Å². The summed E-state index contributed by atoms with van der Waals surface area (Å²) in [6.07, 6.45) is 3.18. The van der Waals surface area contributed by atoms with Gasteiger partial charge in [0.15, 0.2) is 0 Å². The van der Waals surface area contributed by atoms with Crippen LogP contribution in [0.1, 0.15) is 39.9 Å². The van der Waals surface area contributed by atoms with Crippen molar-refractivity contribution in [2.75, 3.05) is 6.54 Å². The molecule has 1 spiro atoms. The second kappa shape index (κ2) is 6.98. The molecule has 27 heavy (non-hydrogen) atoms. The minimum atomic E-state index is -0.455. The molecule has 5 nitrogen and oxygen atoms in total. The number of benzene rings is 2. The van der Waals surface area contributed by atoms with Crippen molar-refractivity contribution in [3.8, 4) is 0 Å². The lowest BCUT2D eigenvalue weighted by Crippen LogP contribution is -2.36. The molecular weight excluding hydrogens is 364 g/mol. The number of nitrogens with zero attached hydrogens (tertiary/aromatic N) is 1. The summed E-state index contributed by atoms with van der Waals surface area (Å²) in [5.74, 6) is -0.334. The van der Waals surface area contributed by atoms with Crippen LogP contribution < -0.4 is 5.32 Å². The van der Waals surface area contributed by atoms with E-state index >= 15 is 0 Å². The van der Waals surface area contributed by atoms with Gasteiger partial charge in [0.25, 0.3) is 5.91 Å². The zero-order valence-electron chi connectivity index (χ0n) is 14.9. The van der Waals surface area contributed by atoms with Gasteiger partial charge in [0.2, 0.25) is 5.91 Å². The number of hydroxylamine groups is 2. The minimum absolute atomic E-state index is 0.0828. The molecule has 140 valence electrons. The van der Waals surface area contributed by atoms with Crippen LogP contribution in [0.15, 0.2) is 42.5 Å². The monoisotopic (exact) mass is 384 g/mol. The van der Waals surface area contributed by atoms with Crippen LogP contribution >= 0.6 is 11.6 Å². The maximum atomic E-state index is 12.6. The van der Waals surface area contributed by atoms with E-state index in [9.17, 15) is 14.8 Å². The van der Waals surface area contributed by atoms with E-state index in [1.807, 2.05) is 12.1 Å². The normalized spacial score (nSPS) is 21.0. The smallest absolute Gasteiger partial charge is 0.277 e. The lowest BCUT2D eigenvalue weighted by atomic mass is 9.70. The Morgan fingerprint density at radius 2 is 1.93 bits per heavy atom. The summed E-state index contributed by atoms with van der Waals surface area (Å²) in [4.78, 5) is 24.9. The Hall–Kier alpha value is -2.37. The highest BCUT2D eigenvalue weighted by Crippen LogP contribution is 2.41. The van der Waals surface area contributed by atoms with Crippen LogP contribution in [0, 0.1) is 5.41 Å². The van der Waals surface area contributed by atoms with E-state index in [-0.39, 0.29) is 17.9 Å². The first-order valence-electron chi connectivity index (χ1n) is 9.12. The summed E-state index contributed by atoms with van der Waals surface area (Å²) in [6, 6.07) is 12.5. The summed E-state index contributed by atoms with van der Waals surface area (Å²) in [5.41, 5.74) is 3.09. The number of carbonyl (C=O) groups excluding carboxylic acids is 2. The first kappa shape index (κ1) is 18.0. The topological polar surface area (TPSA) is 69.6 Å². The molecule has 1 heterocycles. The van der Waals surface area contributed by atoms with E-state index in [2.05, 4.69) is 5.32 Å². The molecule has 2 amide bonds. The number of fused-ring (bicyclic) bond motifs is 1. The predicted molar refractivity (Wildman–Crippen MR) is 102 cm³/mol. The van der Waals surface area contributed by atoms with Gasteiger partial charge in [-0.15, -0.1) is 0 Å². The average molecular weight is 385 g/mol. The van der Waals surface area contributed by atoms with Crippen molar-refractivity contribution in [1.29, 1.82) is 0 Å². The number of rotatable bonds is 3. The predicted octanol–water partition coefficient (Wildman–Crippen LogP) is 3.37. The Bertz CT molecular complexity index is 897. The Morgan fingerprint density at radius 1 is 1.15 bits per heavy atom. The van der Waals surface area contributed by atoms with Crippen molar-refractivity contribution in [3.05, 3.63) is 69.7 Å². The van der Waals surface area contributed by atoms with Crippen molar-refractivity contribution in [2.45, 2.75) is 32.2 Å². The van der Waals surface area contributed by atoms with Gasteiger partial charge in [-0.3, -0.25) is 14.8 Å². The maximum Gasteiger partial charge on any atom is 0.277 e. The van der Waals surface area contributed by atoms with Gasteiger partial charge in [0.05, 0.1) is 12.0 Å². The molecule has 2 N–H and O–H groups in total. The number of hydrogen-bond donors (Lipinski definition) is 2. The van der Waals surface area contributed by atoms with Gasteiger partial charge in [0, 0.05) is 17.1 Å². The zero-order chi connectivity index (χ0) is 19.0. The van der Waals surface area contributed by atoms with Crippen molar-refractivity contribution >= 4 is 23.4 Å². The van der Waals surface area contributed by atoms with E-state index in [0.29, 0.717) is 22.1 Å². The highest BCUT2D eigenvalue weighted by atomic mass is 35.5. The third-order valence-corrected chi connectivity index (χ3v) is 5.96. The molecule has 1 aliphatic heterocycles. The number of hydrogen-bond acceptors (Lipinski definition) is 3. The third-order valence-electron chi connectivity index (χ3n) is 5.71. The summed E-state index contributed by atoms with van der Waals surface area (Å²) >= 11 is 5.86. The number of aryl methyl sites for hydroxylation is 1. The number of nitrogens with one attached hydrogen (secondary N) is 1. The molecule has 0 bridgehead atoms. The van der Waals surface area contributed by atoms with Gasteiger partial charge < -0.3 is 5.32 Å². The molecule has 6 heteroatoms. The van der Waals surface area contributed by atoms with E-state index in [1.54, 1.807) is 30.3 Å². The molecule has 2 aromatic carbocycles. The van der Waals surface area contributed by atoms with Gasteiger partial charge >= 0.3 is 0 Å². The summed E-state index contributed by atoms with van der Waals surface area (Å²) < 4.78 is 0. The number of halogens is 1. The lowest BCUT2D eigenvalue weighted by Gasteiger charge is -2.32. The van der Waals surface area contributed by atoms with Gasteiger partial charge in [-0.25, -0.2) is 5.06 Å². The molecule has 2 aliphatic rings. The van der Waals surface area contributed by atoms with E-state index in [1.165, 1.54) is 5.56 Å². The lowest BCUT2D eigenvalue weighted by molar-refractivity contribution is -0.128. The number of carbonyl (C=O) groups is 2. The quantitative estimate of drug-likeness (QED) is 0.629. The van der Waals surface area contributed by atoms with Gasteiger partial charge in [-0.05, 0) is 66.6 Å².